The number of nitrogens with zero attached hydrogens (tertiary/aromatic N) is 1. The van der Waals surface area contributed by atoms with Crippen molar-refractivity contribution in [1.29, 1.82) is 0 Å². The van der Waals surface area contributed by atoms with Gasteiger partial charge in [-0.2, -0.15) is 0 Å². The first-order valence-corrected chi connectivity index (χ1v) is 13.1. The Bertz CT molecular complexity index is 1310. The summed E-state index contributed by atoms with van der Waals surface area (Å²) in [6.07, 6.45) is 9.07. The summed E-state index contributed by atoms with van der Waals surface area (Å²) in [5.74, 6) is 1.24. The lowest BCUT2D eigenvalue weighted by atomic mass is 9.90. The van der Waals surface area contributed by atoms with E-state index < -0.39 is 0 Å². The molecule has 0 spiro atoms. The zero-order chi connectivity index (χ0) is 24.7. The van der Waals surface area contributed by atoms with E-state index in [9.17, 15) is 5.11 Å². The fourth-order valence-corrected chi connectivity index (χ4v) is 5.11. The highest BCUT2D eigenvalue weighted by Gasteiger charge is 2.14. The molecule has 36 heavy (non-hydrogen) atoms. The van der Waals surface area contributed by atoms with Crippen LogP contribution in [0, 0.1) is 0 Å². The number of aromatic hydroxyl groups is 1. The van der Waals surface area contributed by atoms with Crippen LogP contribution in [0.3, 0.4) is 0 Å². The highest BCUT2D eigenvalue weighted by molar-refractivity contribution is 6.29. The van der Waals surface area contributed by atoms with Crippen LogP contribution in [0.4, 0.5) is 0 Å². The Hall–Kier alpha value is -3.21. The number of furan rings is 1. The third-order valence-electron chi connectivity index (χ3n) is 6.83. The summed E-state index contributed by atoms with van der Waals surface area (Å²) >= 11 is 6.09. The number of hydrogen-bond donors (Lipinski definition) is 1. The number of likely N-dealkylation sites (tertiary alicyclic amines) is 1. The number of phenols is 1. The molecule has 3 aromatic carbocycles. The average molecular weight is 502 g/mol. The molecule has 2 heterocycles. The third-order valence-corrected chi connectivity index (χ3v) is 7.01. The van der Waals surface area contributed by atoms with Crippen molar-refractivity contribution in [3.63, 3.8) is 0 Å². The van der Waals surface area contributed by atoms with Crippen LogP contribution in [0.5, 0.6) is 11.5 Å². The first-order chi connectivity index (χ1) is 17.6. The van der Waals surface area contributed by atoms with E-state index in [1.54, 1.807) is 12.1 Å². The van der Waals surface area contributed by atoms with Gasteiger partial charge in [-0.1, -0.05) is 48.9 Å². The monoisotopic (exact) mass is 501 g/mol. The van der Waals surface area contributed by atoms with E-state index >= 15 is 0 Å². The molecule has 1 unspecified atom stereocenters. The number of benzene rings is 3. The zero-order valence-electron chi connectivity index (χ0n) is 20.4. The van der Waals surface area contributed by atoms with E-state index in [1.165, 1.54) is 37.9 Å². The van der Waals surface area contributed by atoms with Crippen molar-refractivity contribution in [1.82, 2.24) is 4.90 Å². The molecule has 0 saturated carbocycles. The minimum atomic E-state index is 0.0581. The Balaban J connectivity index is 1.32. The Morgan fingerprint density at radius 2 is 1.75 bits per heavy atom. The molecule has 1 N–H and O–H groups in total. The lowest BCUT2D eigenvalue weighted by Gasteiger charge is -2.26. The minimum absolute atomic E-state index is 0.0581. The predicted molar refractivity (Wildman–Crippen MR) is 146 cm³/mol. The van der Waals surface area contributed by atoms with E-state index in [0.717, 1.165) is 40.8 Å². The Kier molecular flexibility index (Phi) is 7.95. The molecule has 1 atom stereocenters. The van der Waals surface area contributed by atoms with Gasteiger partial charge in [-0.05, 0) is 97.0 Å². The molecule has 0 bridgehead atoms. The molecule has 0 aliphatic carbocycles. The second-order valence-electron chi connectivity index (χ2n) is 9.45. The van der Waals surface area contributed by atoms with Crippen molar-refractivity contribution in [3.8, 4) is 11.5 Å². The van der Waals surface area contributed by atoms with Crippen LogP contribution in [-0.2, 0) is 6.42 Å². The van der Waals surface area contributed by atoms with E-state index in [1.807, 2.05) is 24.3 Å². The topological polar surface area (TPSA) is 45.8 Å². The van der Waals surface area contributed by atoms with Crippen LogP contribution in [0.2, 0.25) is 5.22 Å². The van der Waals surface area contributed by atoms with E-state index in [0.29, 0.717) is 11.8 Å². The van der Waals surface area contributed by atoms with Gasteiger partial charge in [0.2, 0.25) is 0 Å². The van der Waals surface area contributed by atoms with Crippen LogP contribution in [0.25, 0.3) is 11.0 Å². The van der Waals surface area contributed by atoms with Gasteiger partial charge in [-0.15, -0.1) is 0 Å². The van der Waals surface area contributed by atoms with Crippen molar-refractivity contribution in [2.75, 3.05) is 26.2 Å². The number of piperidine rings is 1. The predicted octanol–water partition coefficient (Wildman–Crippen LogP) is 7.59. The van der Waals surface area contributed by atoms with Crippen molar-refractivity contribution < 1.29 is 14.3 Å². The van der Waals surface area contributed by atoms with Crippen molar-refractivity contribution in [2.45, 2.75) is 31.6 Å². The minimum Gasteiger partial charge on any atom is -0.508 e. The molecule has 0 amide bonds. The fraction of sp³-hybridized carbons (Fsp3) is 0.290. The van der Waals surface area contributed by atoms with Crippen LogP contribution in [0.15, 0.2) is 89.4 Å². The number of allylic oxidation sites excluding steroid dienone is 2. The molecule has 1 aromatic heterocycles. The highest BCUT2D eigenvalue weighted by atomic mass is 35.5. The molecule has 5 heteroatoms. The van der Waals surface area contributed by atoms with Gasteiger partial charge >= 0.3 is 0 Å². The van der Waals surface area contributed by atoms with Crippen LogP contribution in [0.1, 0.15) is 41.9 Å². The van der Waals surface area contributed by atoms with E-state index in [-0.39, 0.29) is 11.7 Å². The molecule has 1 aliphatic rings. The lowest BCUT2D eigenvalue weighted by molar-refractivity contribution is 0.183. The van der Waals surface area contributed by atoms with Gasteiger partial charge in [-0.3, -0.25) is 4.90 Å². The summed E-state index contributed by atoms with van der Waals surface area (Å²) in [5, 5.41) is 11.2. The van der Waals surface area contributed by atoms with Crippen molar-refractivity contribution in [2.24, 2.45) is 0 Å². The van der Waals surface area contributed by atoms with Gasteiger partial charge < -0.3 is 14.3 Å². The zero-order valence-corrected chi connectivity index (χ0v) is 21.2. The normalized spacial score (nSPS) is 15.5. The van der Waals surface area contributed by atoms with Crippen LogP contribution >= 0.6 is 11.6 Å². The largest absolute Gasteiger partial charge is 0.508 e. The summed E-state index contributed by atoms with van der Waals surface area (Å²) in [4.78, 5) is 2.49. The smallest absolute Gasteiger partial charge is 0.194 e. The average Bonchev–Trinajstić information content (AvgIpc) is 3.27. The second-order valence-corrected chi connectivity index (χ2v) is 9.82. The second kappa shape index (κ2) is 11.7. The SMILES string of the molecule is Oc1cccc(CC=CC(c2ccc(OCCN3CCCCC3)cc2)c2ccc3oc(Cl)cc3c2)c1. The van der Waals surface area contributed by atoms with Gasteiger partial charge in [0.05, 0.1) is 0 Å². The number of rotatable bonds is 9. The maximum atomic E-state index is 9.78. The maximum Gasteiger partial charge on any atom is 0.194 e. The molecule has 186 valence electrons. The highest BCUT2D eigenvalue weighted by Crippen LogP contribution is 2.32. The van der Waals surface area contributed by atoms with Gasteiger partial charge in [-0.25, -0.2) is 0 Å². The first kappa shape index (κ1) is 24.5. The Morgan fingerprint density at radius 3 is 2.56 bits per heavy atom. The molecule has 4 aromatic rings. The molecule has 4 nitrogen and oxygen atoms in total. The molecule has 1 aliphatic heterocycles. The summed E-state index contributed by atoms with van der Waals surface area (Å²) in [6, 6.07) is 23.9. The Morgan fingerprint density at radius 1 is 0.944 bits per heavy atom. The fourth-order valence-electron chi connectivity index (χ4n) is 4.91. The van der Waals surface area contributed by atoms with Crippen LogP contribution in [-0.4, -0.2) is 36.2 Å². The van der Waals surface area contributed by atoms with E-state index in [2.05, 4.69) is 53.5 Å². The Labute approximate surface area is 217 Å². The molecular weight excluding hydrogens is 470 g/mol. The van der Waals surface area contributed by atoms with Gasteiger partial charge in [0.15, 0.2) is 5.22 Å². The number of fused-ring (bicyclic) bond motifs is 1. The molecular formula is C31H32ClNO3. The summed E-state index contributed by atoms with van der Waals surface area (Å²) < 4.78 is 11.6. The first-order valence-electron chi connectivity index (χ1n) is 12.7. The number of phenolic OH excluding ortho intramolecular Hbond substituents is 1. The van der Waals surface area contributed by atoms with Gasteiger partial charge in [0.1, 0.15) is 23.7 Å². The molecule has 5 rings (SSSR count). The number of halogens is 1. The standard InChI is InChI=1S/C31H32ClNO3/c32-31-22-26-21-25(12-15-30(26)36-31)29(9-5-7-23-6-4-8-27(34)20-23)24-10-13-28(14-11-24)35-19-18-33-16-2-1-3-17-33/h4-6,8-15,20-22,29,34H,1-3,7,16-19H2. The summed E-state index contributed by atoms with van der Waals surface area (Å²) in [7, 11) is 0. The quantitative estimate of drug-likeness (QED) is 0.240. The molecule has 0 radical (unpaired) electrons. The summed E-state index contributed by atoms with van der Waals surface area (Å²) in [5.41, 5.74) is 4.19. The van der Waals surface area contributed by atoms with Gasteiger partial charge in [0.25, 0.3) is 0 Å². The van der Waals surface area contributed by atoms with Crippen molar-refractivity contribution in [3.05, 3.63) is 107 Å². The lowest BCUT2D eigenvalue weighted by Crippen LogP contribution is -2.33. The van der Waals surface area contributed by atoms with Gasteiger partial charge in [0, 0.05) is 23.9 Å². The molecule has 1 fully saturated rings. The number of ether oxygens (including phenoxy) is 1. The molecule has 1 saturated heterocycles. The third kappa shape index (κ3) is 6.31. The summed E-state index contributed by atoms with van der Waals surface area (Å²) in [6.45, 7) is 4.07. The van der Waals surface area contributed by atoms with Crippen LogP contribution < -0.4 is 4.74 Å². The van der Waals surface area contributed by atoms with Crippen molar-refractivity contribution >= 4 is 22.6 Å². The number of hydrogen-bond acceptors (Lipinski definition) is 4. The maximum absolute atomic E-state index is 9.78. The van der Waals surface area contributed by atoms with E-state index in [4.69, 9.17) is 20.8 Å².